The minimum Gasteiger partial charge on any atom is -0.368 e. The van der Waals surface area contributed by atoms with Gasteiger partial charge in [0.05, 0.1) is 6.04 Å². The van der Waals surface area contributed by atoms with E-state index in [9.17, 15) is 9.59 Å². The monoisotopic (exact) mass is 174 g/mol. The number of amides is 3. The highest BCUT2D eigenvalue weighted by molar-refractivity contribution is 5.79. The van der Waals surface area contributed by atoms with Gasteiger partial charge in [0.2, 0.25) is 5.91 Å². The van der Waals surface area contributed by atoms with Crippen molar-refractivity contribution in [1.29, 1.82) is 0 Å². The first-order chi connectivity index (χ1) is 5.54. The van der Waals surface area contributed by atoms with E-state index in [0.717, 1.165) is 0 Å². The third kappa shape index (κ3) is 5.48. The van der Waals surface area contributed by atoms with Crippen molar-refractivity contribution in [3.05, 3.63) is 0 Å². The number of carbonyl (C=O) groups excluding carboxylic acids is 2. The molecule has 0 saturated heterocycles. The molecular formula is C6H14N4O2. The third-order valence-electron chi connectivity index (χ3n) is 1.36. The molecule has 0 aromatic rings. The van der Waals surface area contributed by atoms with Crippen LogP contribution in [0.1, 0.15) is 12.8 Å². The predicted octanol–water partition coefficient (Wildman–Crippen LogP) is -1.75. The van der Waals surface area contributed by atoms with E-state index in [0.29, 0.717) is 19.4 Å². The Morgan fingerprint density at radius 3 is 2.33 bits per heavy atom. The van der Waals surface area contributed by atoms with E-state index in [2.05, 4.69) is 5.32 Å². The van der Waals surface area contributed by atoms with Gasteiger partial charge in [0, 0.05) is 6.54 Å². The second kappa shape index (κ2) is 5.36. The van der Waals surface area contributed by atoms with Crippen LogP contribution in [0.3, 0.4) is 0 Å². The Morgan fingerprint density at radius 2 is 1.92 bits per heavy atom. The molecule has 7 N–H and O–H groups in total. The summed E-state index contributed by atoms with van der Waals surface area (Å²) < 4.78 is 0. The second-order valence-corrected chi connectivity index (χ2v) is 2.44. The Kier molecular flexibility index (Phi) is 4.78. The first-order valence-corrected chi connectivity index (χ1v) is 3.62. The lowest BCUT2D eigenvalue weighted by Gasteiger charge is -2.06. The smallest absolute Gasteiger partial charge is 0.312 e. The lowest BCUT2D eigenvalue weighted by atomic mass is 10.1. The summed E-state index contributed by atoms with van der Waals surface area (Å²) in [6, 6.07) is -1.22. The fourth-order valence-electron chi connectivity index (χ4n) is 0.676. The van der Waals surface area contributed by atoms with Crippen LogP contribution in [0.4, 0.5) is 4.79 Å². The van der Waals surface area contributed by atoms with Crippen LogP contribution in [-0.4, -0.2) is 24.5 Å². The van der Waals surface area contributed by atoms with Crippen LogP contribution in [0.25, 0.3) is 0 Å². The summed E-state index contributed by atoms with van der Waals surface area (Å²) in [5.41, 5.74) is 15.0. The average Bonchev–Trinajstić information content (AvgIpc) is 1.97. The van der Waals surface area contributed by atoms with Crippen LogP contribution in [0.15, 0.2) is 0 Å². The summed E-state index contributed by atoms with van der Waals surface area (Å²) in [7, 11) is 0. The minimum absolute atomic E-state index is 0.413. The van der Waals surface area contributed by atoms with E-state index >= 15 is 0 Å². The number of primary amides is 2. The van der Waals surface area contributed by atoms with Gasteiger partial charge in [0.15, 0.2) is 0 Å². The van der Waals surface area contributed by atoms with E-state index < -0.39 is 18.0 Å². The van der Waals surface area contributed by atoms with Crippen molar-refractivity contribution in [2.24, 2.45) is 17.2 Å². The Bertz CT molecular complexity index is 171. The minimum atomic E-state index is -0.639. The van der Waals surface area contributed by atoms with Gasteiger partial charge in [0.25, 0.3) is 0 Å². The van der Waals surface area contributed by atoms with Gasteiger partial charge in [-0.25, -0.2) is 4.79 Å². The normalized spacial score (nSPS) is 12.1. The van der Waals surface area contributed by atoms with Crippen LogP contribution in [0.2, 0.25) is 0 Å². The second-order valence-electron chi connectivity index (χ2n) is 2.44. The van der Waals surface area contributed by atoms with Crippen LogP contribution >= 0.6 is 0 Å². The standard InChI is InChI=1S/C6H14N4O2/c7-4(5(8)11)2-1-3-10-6(9)12/h4H,1-3,7H2,(H2,8,11)(H3,9,10,12). The highest BCUT2D eigenvalue weighted by atomic mass is 16.2. The molecule has 1 atom stereocenters. The molecule has 0 bridgehead atoms. The summed E-state index contributed by atoms with van der Waals surface area (Å²) >= 11 is 0. The van der Waals surface area contributed by atoms with Crippen molar-refractivity contribution in [2.75, 3.05) is 6.54 Å². The van der Waals surface area contributed by atoms with Gasteiger partial charge in [-0.15, -0.1) is 0 Å². The van der Waals surface area contributed by atoms with E-state index in [1.165, 1.54) is 0 Å². The Balaban J connectivity index is 3.31. The van der Waals surface area contributed by atoms with Crippen LogP contribution < -0.4 is 22.5 Å². The Labute approximate surface area is 70.5 Å². The highest BCUT2D eigenvalue weighted by Gasteiger charge is 2.07. The molecule has 0 rings (SSSR count). The molecular weight excluding hydrogens is 160 g/mol. The van der Waals surface area contributed by atoms with Gasteiger partial charge in [-0.3, -0.25) is 4.79 Å². The zero-order valence-electron chi connectivity index (χ0n) is 6.75. The van der Waals surface area contributed by atoms with Crippen molar-refractivity contribution in [3.8, 4) is 0 Å². The van der Waals surface area contributed by atoms with Gasteiger partial charge >= 0.3 is 6.03 Å². The fraction of sp³-hybridized carbons (Fsp3) is 0.667. The van der Waals surface area contributed by atoms with Gasteiger partial charge < -0.3 is 22.5 Å². The number of nitrogens with one attached hydrogen (secondary N) is 1. The highest BCUT2D eigenvalue weighted by Crippen LogP contribution is 1.91. The average molecular weight is 174 g/mol. The molecule has 1 unspecified atom stereocenters. The molecule has 0 aliphatic heterocycles. The van der Waals surface area contributed by atoms with Crippen molar-refractivity contribution in [1.82, 2.24) is 5.32 Å². The molecule has 6 nitrogen and oxygen atoms in total. The van der Waals surface area contributed by atoms with E-state index in [-0.39, 0.29) is 0 Å². The largest absolute Gasteiger partial charge is 0.368 e. The predicted molar refractivity (Wildman–Crippen MR) is 44.0 cm³/mol. The Hall–Kier alpha value is -1.30. The molecule has 0 aliphatic carbocycles. The number of rotatable bonds is 5. The third-order valence-corrected chi connectivity index (χ3v) is 1.36. The molecule has 0 spiro atoms. The van der Waals surface area contributed by atoms with Gasteiger partial charge in [-0.05, 0) is 12.8 Å². The van der Waals surface area contributed by atoms with E-state index in [1.54, 1.807) is 0 Å². The van der Waals surface area contributed by atoms with Gasteiger partial charge in [0.1, 0.15) is 0 Å². The van der Waals surface area contributed by atoms with Crippen molar-refractivity contribution in [2.45, 2.75) is 18.9 Å². The van der Waals surface area contributed by atoms with Crippen molar-refractivity contribution >= 4 is 11.9 Å². The first kappa shape index (κ1) is 10.7. The maximum Gasteiger partial charge on any atom is 0.312 e. The lowest BCUT2D eigenvalue weighted by molar-refractivity contribution is -0.119. The maximum absolute atomic E-state index is 10.4. The van der Waals surface area contributed by atoms with Crippen LogP contribution in [0.5, 0.6) is 0 Å². The molecule has 6 heteroatoms. The zero-order valence-corrected chi connectivity index (χ0v) is 6.75. The number of hydrogen-bond acceptors (Lipinski definition) is 3. The quantitative estimate of drug-likeness (QED) is 0.369. The fourth-order valence-corrected chi connectivity index (χ4v) is 0.676. The van der Waals surface area contributed by atoms with Crippen molar-refractivity contribution in [3.63, 3.8) is 0 Å². The molecule has 0 radical (unpaired) electrons. The molecule has 0 fully saturated rings. The molecule has 12 heavy (non-hydrogen) atoms. The number of hydrogen-bond donors (Lipinski definition) is 4. The van der Waals surface area contributed by atoms with Crippen molar-refractivity contribution < 1.29 is 9.59 Å². The Morgan fingerprint density at radius 1 is 1.33 bits per heavy atom. The van der Waals surface area contributed by atoms with Gasteiger partial charge in [-0.1, -0.05) is 0 Å². The summed E-state index contributed by atoms with van der Waals surface area (Å²) in [4.78, 5) is 20.6. The maximum atomic E-state index is 10.4. The summed E-state index contributed by atoms with van der Waals surface area (Å²) in [6.45, 7) is 0.413. The molecule has 0 aromatic heterocycles. The summed E-state index contributed by atoms with van der Waals surface area (Å²) in [6.07, 6.45) is 1.04. The molecule has 0 saturated carbocycles. The number of carbonyl (C=O) groups is 2. The van der Waals surface area contributed by atoms with Crippen LogP contribution in [0, 0.1) is 0 Å². The summed E-state index contributed by atoms with van der Waals surface area (Å²) in [5, 5.41) is 2.37. The topological polar surface area (TPSA) is 124 Å². The summed E-state index contributed by atoms with van der Waals surface area (Å²) in [5.74, 6) is -0.533. The lowest BCUT2D eigenvalue weighted by Crippen LogP contribution is -2.37. The van der Waals surface area contributed by atoms with Gasteiger partial charge in [-0.2, -0.15) is 0 Å². The molecule has 0 aromatic carbocycles. The molecule has 70 valence electrons. The van der Waals surface area contributed by atoms with E-state index in [4.69, 9.17) is 17.2 Å². The molecule has 0 heterocycles. The molecule has 0 aliphatic rings. The first-order valence-electron chi connectivity index (χ1n) is 3.62. The number of urea groups is 1. The van der Waals surface area contributed by atoms with Crippen LogP contribution in [-0.2, 0) is 4.79 Å². The molecule has 3 amide bonds. The number of nitrogens with two attached hydrogens (primary N) is 3. The zero-order chi connectivity index (χ0) is 9.56. The van der Waals surface area contributed by atoms with E-state index in [1.807, 2.05) is 0 Å². The SMILES string of the molecule is NC(=O)NCCCC(N)C(N)=O.